The molecule has 1 aliphatic rings. The number of anilines is 3. The molecular weight excluding hydrogens is 454 g/mol. The van der Waals surface area contributed by atoms with Crippen LogP contribution >= 0.6 is 0 Å². The zero-order valence-corrected chi connectivity index (χ0v) is 19.2. The molecule has 3 rings (SSSR count). The van der Waals surface area contributed by atoms with E-state index in [2.05, 4.69) is 10.3 Å². The highest BCUT2D eigenvalue weighted by atomic mass is 19.4. The Bertz CT molecular complexity index is 1030. The Morgan fingerprint density at radius 2 is 1.79 bits per heavy atom. The highest BCUT2D eigenvalue weighted by molar-refractivity contribution is 6.09. The van der Waals surface area contributed by atoms with Gasteiger partial charge < -0.3 is 20.4 Å². The number of hydrogen-bond acceptors (Lipinski definition) is 7. The number of ether oxygens (including phenoxy) is 1. The molecule has 1 aliphatic heterocycles. The van der Waals surface area contributed by atoms with Crippen molar-refractivity contribution in [1.29, 1.82) is 5.41 Å². The molecule has 0 amide bonds. The lowest BCUT2D eigenvalue weighted by Crippen LogP contribution is -2.49. The highest BCUT2D eigenvalue weighted by Crippen LogP contribution is 2.33. The third kappa shape index (κ3) is 6.22. The van der Waals surface area contributed by atoms with Crippen LogP contribution in [-0.2, 0) is 4.74 Å². The van der Waals surface area contributed by atoms with Gasteiger partial charge in [-0.2, -0.15) is 13.2 Å². The summed E-state index contributed by atoms with van der Waals surface area (Å²) < 4.78 is 56.6. The maximum atomic E-state index is 13.4. The number of pyridine rings is 1. The molecule has 34 heavy (non-hydrogen) atoms. The van der Waals surface area contributed by atoms with Gasteiger partial charge in [0.1, 0.15) is 11.6 Å². The largest absolute Gasteiger partial charge is 0.464 e. The molecule has 7 nitrogen and oxygen atoms in total. The number of hydrogen-bond donors (Lipinski definition) is 2. The monoisotopic (exact) mass is 481 g/mol. The molecular formula is C23H27F4N5O2. The molecule has 1 aromatic carbocycles. The summed E-state index contributed by atoms with van der Waals surface area (Å²) in [7, 11) is 1.22. The number of methoxy groups -OCH3 is 1. The Hall–Kier alpha value is -3.21. The van der Waals surface area contributed by atoms with E-state index in [-0.39, 0.29) is 49.3 Å². The molecule has 184 valence electrons. The molecule has 0 atom stereocenters. The second-order valence-corrected chi connectivity index (χ2v) is 8.32. The van der Waals surface area contributed by atoms with Crippen LogP contribution in [0.2, 0.25) is 0 Å². The summed E-state index contributed by atoms with van der Waals surface area (Å²) in [6, 6.07) is 7.04. The molecule has 2 aromatic rings. The van der Waals surface area contributed by atoms with E-state index in [9.17, 15) is 22.4 Å². The van der Waals surface area contributed by atoms with E-state index in [0.29, 0.717) is 16.9 Å². The summed E-state index contributed by atoms with van der Waals surface area (Å²) in [6.07, 6.45) is -4.28. The summed E-state index contributed by atoms with van der Waals surface area (Å²) in [6.45, 7) is 3.57. The summed E-state index contributed by atoms with van der Waals surface area (Å²) in [4.78, 5) is 19.9. The number of alkyl halides is 3. The molecule has 0 aliphatic carbocycles. The highest BCUT2D eigenvalue weighted by Gasteiger charge is 2.33. The number of carbonyl (C=O) groups is 1. The van der Waals surface area contributed by atoms with Gasteiger partial charge in [0.05, 0.1) is 24.9 Å². The number of halogens is 4. The standard InChI is InChI=1S/C23H27F4N5O2/c1-14(2)20(28)19-18(32-10-8-31(9-11-32)13-23(25,26)27)12-17(22(33)34-3)30-21(19)29-16-6-4-15(24)5-7-16/h4-7,12,14,28H,8-11,13H2,1-3H3,(H,29,30). The van der Waals surface area contributed by atoms with Gasteiger partial charge in [-0.3, -0.25) is 4.90 Å². The second-order valence-electron chi connectivity index (χ2n) is 8.32. The van der Waals surface area contributed by atoms with Crippen LogP contribution in [0.1, 0.15) is 29.9 Å². The average molecular weight is 481 g/mol. The first-order valence-electron chi connectivity index (χ1n) is 10.8. The summed E-state index contributed by atoms with van der Waals surface area (Å²) in [5.41, 5.74) is 1.65. The minimum atomic E-state index is -4.28. The smallest absolute Gasteiger partial charge is 0.401 e. The van der Waals surface area contributed by atoms with Crippen LogP contribution in [0.5, 0.6) is 0 Å². The van der Waals surface area contributed by atoms with E-state index >= 15 is 0 Å². The number of nitrogens with zero attached hydrogens (tertiary/aromatic N) is 3. The summed E-state index contributed by atoms with van der Waals surface area (Å²) in [5, 5.41) is 11.8. The molecule has 2 heterocycles. The van der Waals surface area contributed by atoms with Crippen molar-refractivity contribution in [2.24, 2.45) is 5.92 Å². The Morgan fingerprint density at radius 3 is 2.32 bits per heavy atom. The number of carbonyl (C=O) groups excluding carboxylic acids is 1. The maximum absolute atomic E-state index is 13.4. The third-order valence-electron chi connectivity index (χ3n) is 5.46. The van der Waals surface area contributed by atoms with E-state index in [1.165, 1.54) is 42.3 Å². The van der Waals surface area contributed by atoms with Crippen molar-refractivity contribution < 1.29 is 27.1 Å². The Morgan fingerprint density at radius 1 is 1.18 bits per heavy atom. The lowest BCUT2D eigenvalue weighted by atomic mass is 9.97. The molecule has 0 saturated carbocycles. The molecule has 1 fully saturated rings. The van der Waals surface area contributed by atoms with Crippen LogP contribution in [0.15, 0.2) is 30.3 Å². The fraction of sp³-hybridized carbons (Fsp3) is 0.435. The predicted octanol–water partition coefficient (Wildman–Crippen LogP) is 4.46. The van der Waals surface area contributed by atoms with Gasteiger partial charge in [-0.15, -0.1) is 0 Å². The molecule has 11 heteroatoms. The first-order chi connectivity index (χ1) is 16.0. The predicted molar refractivity (Wildman–Crippen MR) is 122 cm³/mol. The molecule has 2 N–H and O–H groups in total. The summed E-state index contributed by atoms with van der Waals surface area (Å²) >= 11 is 0. The van der Waals surface area contributed by atoms with Crippen molar-refractivity contribution in [1.82, 2.24) is 9.88 Å². The minimum Gasteiger partial charge on any atom is -0.464 e. The molecule has 0 spiro atoms. The Balaban J connectivity index is 2.04. The van der Waals surface area contributed by atoms with Crippen molar-refractivity contribution in [2.45, 2.75) is 20.0 Å². The van der Waals surface area contributed by atoms with Gasteiger partial charge in [-0.25, -0.2) is 14.2 Å². The number of esters is 1. The average Bonchev–Trinajstić information content (AvgIpc) is 2.78. The normalized spacial score (nSPS) is 14.9. The zero-order chi connectivity index (χ0) is 25.0. The first-order valence-corrected chi connectivity index (χ1v) is 10.8. The van der Waals surface area contributed by atoms with Crippen LogP contribution in [0.25, 0.3) is 0 Å². The van der Waals surface area contributed by atoms with E-state index < -0.39 is 24.5 Å². The van der Waals surface area contributed by atoms with E-state index in [0.717, 1.165) is 0 Å². The first kappa shape index (κ1) is 25.4. The van der Waals surface area contributed by atoms with Crippen molar-refractivity contribution in [3.63, 3.8) is 0 Å². The third-order valence-corrected chi connectivity index (χ3v) is 5.46. The van der Waals surface area contributed by atoms with Crippen LogP contribution in [-0.4, -0.2) is 67.6 Å². The number of piperazine rings is 1. The molecule has 1 saturated heterocycles. The van der Waals surface area contributed by atoms with Gasteiger partial charge in [0, 0.05) is 37.6 Å². The summed E-state index contributed by atoms with van der Waals surface area (Å²) in [5.74, 6) is -1.11. The van der Waals surface area contributed by atoms with E-state index in [4.69, 9.17) is 10.1 Å². The van der Waals surface area contributed by atoms with Gasteiger partial charge in [0.25, 0.3) is 0 Å². The van der Waals surface area contributed by atoms with Crippen molar-refractivity contribution in [3.8, 4) is 0 Å². The molecule has 0 bridgehead atoms. The molecule has 1 aromatic heterocycles. The fourth-order valence-electron chi connectivity index (χ4n) is 3.71. The van der Waals surface area contributed by atoms with Crippen molar-refractivity contribution >= 4 is 28.9 Å². The van der Waals surface area contributed by atoms with Crippen LogP contribution in [0, 0.1) is 17.1 Å². The quantitative estimate of drug-likeness (QED) is 0.345. The van der Waals surface area contributed by atoms with Crippen LogP contribution in [0.3, 0.4) is 0 Å². The van der Waals surface area contributed by atoms with Gasteiger partial charge in [0.15, 0.2) is 5.69 Å². The number of nitrogens with one attached hydrogen (secondary N) is 2. The second kappa shape index (κ2) is 10.4. The number of rotatable bonds is 7. The SMILES string of the molecule is COC(=O)c1cc(N2CCN(CC(F)(F)F)CC2)c(C(=N)C(C)C)c(Nc2ccc(F)cc2)n1. The lowest BCUT2D eigenvalue weighted by Gasteiger charge is -2.37. The van der Waals surface area contributed by atoms with E-state index in [1.807, 2.05) is 18.7 Å². The zero-order valence-electron chi connectivity index (χ0n) is 19.2. The maximum Gasteiger partial charge on any atom is 0.401 e. The topological polar surface area (TPSA) is 81.5 Å². The fourth-order valence-corrected chi connectivity index (χ4v) is 3.71. The number of aromatic nitrogens is 1. The van der Waals surface area contributed by atoms with Crippen LogP contribution in [0.4, 0.5) is 34.8 Å². The van der Waals surface area contributed by atoms with Gasteiger partial charge in [-0.05, 0) is 36.2 Å². The van der Waals surface area contributed by atoms with Gasteiger partial charge in [-0.1, -0.05) is 13.8 Å². The molecule has 0 unspecified atom stereocenters. The minimum absolute atomic E-state index is 0.0138. The van der Waals surface area contributed by atoms with Gasteiger partial charge >= 0.3 is 12.1 Å². The Kier molecular flexibility index (Phi) is 7.75. The van der Waals surface area contributed by atoms with Gasteiger partial charge in [0.2, 0.25) is 0 Å². The van der Waals surface area contributed by atoms with Crippen molar-refractivity contribution in [2.75, 3.05) is 50.1 Å². The Labute approximate surface area is 195 Å². The number of benzene rings is 1. The van der Waals surface area contributed by atoms with Crippen LogP contribution < -0.4 is 10.2 Å². The van der Waals surface area contributed by atoms with E-state index in [1.54, 1.807) is 0 Å². The lowest BCUT2D eigenvalue weighted by molar-refractivity contribution is -0.146. The molecule has 0 radical (unpaired) electrons. The van der Waals surface area contributed by atoms with Crippen molar-refractivity contribution in [3.05, 3.63) is 47.4 Å².